The van der Waals surface area contributed by atoms with Gasteiger partial charge in [0.1, 0.15) is 5.82 Å². The number of hydrogen-bond donors (Lipinski definition) is 2. The Bertz CT molecular complexity index is 1060. The monoisotopic (exact) mass is 447 g/mol. The Labute approximate surface area is 179 Å². The summed E-state index contributed by atoms with van der Waals surface area (Å²) in [6, 6.07) is 10.4. The smallest absolute Gasteiger partial charge is 0.269 e. The fraction of sp³-hybridized carbons (Fsp3) is 0.286. The number of Topliss-reactive ketones (excluding diaryl/α,β-unsaturated/α-hetero) is 1. The third kappa shape index (κ3) is 5.74. The molecule has 0 saturated carbocycles. The summed E-state index contributed by atoms with van der Waals surface area (Å²) in [6.07, 6.45) is 1.39. The summed E-state index contributed by atoms with van der Waals surface area (Å²) in [7, 11) is -3.57. The van der Waals surface area contributed by atoms with Gasteiger partial charge in [-0.1, -0.05) is 0 Å². The van der Waals surface area contributed by atoms with Crippen molar-refractivity contribution in [3.63, 3.8) is 0 Å². The zero-order chi connectivity index (χ0) is 22.4. The minimum absolute atomic E-state index is 0.101. The minimum atomic E-state index is -3.57. The molecule has 0 unspecified atom stereocenters. The van der Waals surface area contributed by atoms with Crippen LogP contribution >= 0.6 is 0 Å². The maximum absolute atomic E-state index is 12.9. The molecule has 1 aliphatic heterocycles. The molecule has 164 valence electrons. The van der Waals surface area contributed by atoms with E-state index in [9.17, 15) is 27.2 Å². The van der Waals surface area contributed by atoms with E-state index in [1.165, 1.54) is 40.7 Å². The van der Waals surface area contributed by atoms with Gasteiger partial charge in [-0.25, -0.2) is 12.8 Å². The first-order chi connectivity index (χ1) is 14.8. The van der Waals surface area contributed by atoms with Gasteiger partial charge >= 0.3 is 0 Å². The van der Waals surface area contributed by atoms with Crippen molar-refractivity contribution in [1.29, 1.82) is 0 Å². The van der Waals surface area contributed by atoms with Crippen molar-refractivity contribution >= 4 is 27.6 Å². The number of hydrogen-bond acceptors (Lipinski definition) is 5. The molecular formula is C21H22FN3O5S. The molecule has 2 aromatic rings. The first-order valence-electron chi connectivity index (χ1n) is 9.75. The van der Waals surface area contributed by atoms with Gasteiger partial charge in [-0.05, 0) is 61.4 Å². The van der Waals surface area contributed by atoms with E-state index in [1.54, 1.807) is 0 Å². The third-order valence-electron chi connectivity index (χ3n) is 4.88. The number of carbonyl (C=O) groups excluding carboxylic acids is 3. The van der Waals surface area contributed by atoms with Crippen LogP contribution in [0.25, 0.3) is 0 Å². The largest absolute Gasteiger partial charge is 0.294 e. The van der Waals surface area contributed by atoms with Gasteiger partial charge in [0.2, 0.25) is 15.9 Å². The van der Waals surface area contributed by atoms with Gasteiger partial charge in [0.25, 0.3) is 5.91 Å². The lowest BCUT2D eigenvalue weighted by Crippen LogP contribution is -2.41. The van der Waals surface area contributed by atoms with Crippen LogP contribution < -0.4 is 10.9 Å². The van der Waals surface area contributed by atoms with Crippen LogP contribution in [-0.4, -0.2) is 43.4 Å². The first kappa shape index (κ1) is 22.6. The summed E-state index contributed by atoms with van der Waals surface area (Å²) in [5, 5.41) is 0. The predicted molar refractivity (Wildman–Crippen MR) is 110 cm³/mol. The van der Waals surface area contributed by atoms with Crippen LogP contribution in [0.4, 0.5) is 4.39 Å². The normalized spacial score (nSPS) is 14.2. The summed E-state index contributed by atoms with van der Waals surface area (Å²) >= 11 is 0. The van der Waals surface area contributed by atoms with Crippen LogP contribution in [0.3, 0.4) is 0 Å². The molecule has 31 heavy (non-hydrogen) atoms. The molecule has 1 saturated heterocycles. The van der Waals surface area contributed by atoms with E-state index in [2.05, 4.69) is 10.9 Å². The van der Waals surface area contributed by atoms with Crippen LogP contribution in [-0.2, 0) is 14.8 Å². The van der Waals surface area contributed by atoms with Crippen LogP contribution in [0.15, 0.2) is 53.4 Å². The second-order valence-corrected chi connectivity index (χ2v) is 9.01. The second-order valence-electron chi connectivity index (χ2n) is 7.07. The Morgan fingerprint density at radius 2 is 1.42 bits per heavy atom. The third-order valence-corrected chi connectivity index (χ3v) is 6.79. The molecule has 2 amide bonds. The molecule has 0 spiro atoms. The van der Waals surface area contributed by atoms with Crippen molar-refractivity contribution < 1.29 is 27.2 Å². The lowest BCUT2D eigenvalue weighted by Gasteiger charge is -2.15. The number of nitrogens with one attached hydrogen (secondary N) is 2. The Balaban J connectivity index is 1.48. The molecular weight excluding hydrogens is 425 g/mol. The molecule has 0 bridgehead atoms. The standard InChI is InChI=1S/C21H22FN3O5S/c22-17-7-3-15(4-8-17)19(26)11-12-20(27)23-24-21(28)16-5-9-18(10-6-16)31(29,30)25-13-1-2-14-25/h3-10H,1-2,11-14H2,(H,23,27)(H,24,28). The van der Waals surface area contributed by atoms with Crippen molar-refractivity contribution in [2.45, 2.75) is 30.6 Å². The minimum Gasteiger partial charge on any atom is -0.294 e. The SMILES string of the molecule is O=C(CCC(=O)c1ccc(F)cc1)NNC(=O)c1ccc(S(=O)(=O)N2CCCC2)cc1. The van der Waals surface area contributed by atoms with Gasteiger partial charge in [-0.15, -0.1) is 0 Å². The van der Waals surface area contributed by atoms with E-state index in [-0.39, 0.29) is 29.1 Å². The summed E-state index contributed by atoms with van der Waals surface area (Å²) in [5.74, 6) is -1.98. The maximum Gasteiger partial charge on any atom is 0.269 e. The molecule has 1 heterocycles. The fourth-order valence-electron chi connectivity index (χ4n) is 3.12. The van der Waals surface area contributed by atoms with Crippen molar-refractivity contribution in [1.82, 2.24) is 15.2 Å². The summed E-state index contributed by atoms with van der Waals surface area (Å²) in [4.78, 5) is 36.1. The predicted octanol–water partition coefficient (Wildman–Crippen LogP) is 2.03. The number of sulfonamides is 1. The van der Waals surface area contributed by atoms with E-state index in [1.807, 2.05) is 0 Å². The van der Waals surface area contributed by atoms with Crippen molar-refractivity contribution in [2.75, 3.05) is 13.1 Å². The van der Waals surface area contributed by atoms with Crippen LogP contribution in [0.2, 0.25) is 0 Å². The molecule has 0 radical (unpaired) electrons. The number of hydrazine groups is 1. The van der Waals surface area contributed by atoms with Crippen LogP contribution in [0.5, 0.6) is 0 Å². The van der Waals surface area contributed by atoms with E-state index >= 15 is 0 Å². The molecule has 1 aliphatic rings. The summed E-state index contributed by atoms with van der Waals surface area (Å²) in [6.45, 7) is 0.973. The molecule has 0 aromatic heterocycles. The van der Waals surface area contributed by atoms with Crippen LogP contribution in [0.1, 0.15) is 46.4 Å². The number of benzene rings is 2. The topological polar surface area (TPSA) is 113 Å². The molecule has 2 aromatic carbocycles. The molecule has 8 nitrogen and oxygen atoms in total. The maximum atomic E-state index is 12.9. The van der Waals surface area contributed by atoms with Crippen molar-refractivity contribution in [3.05, 3.63) is 65.5 Å². The number of rotatable bonds is 7. The zero-order valence-corrected chi connectivity index (χ0v) is 17.5. The summed E-state index contributed by atoms with van der Waals surface area (Å²) in [5.41, 5.74) is 4.90. The van der Waals surface area contributed by atoms with E-state index in [0.29, 0.717) is 18.7 Å². The lowest BCUT2D eigenvalue weighted by molar-refractivity contribution is -0.121. The zero-order valence-electron chi connectivity index (χ0n) is 16.6. The number of nitrogens with zero attached hydrogens (tertiary/aromatic N) is 1. The second kappa shape index (κ2) is 9.80. The number of carbonyl (C=O) groups is 3. The average Bonchev–Trinajstić information content (AvgIpc) is 3.32. The van der Waals surface area contributed by atoms with Gasteiger partial charge in [-0.2, -0.15) is 4.31 Å². The highest BCUT2D eigenvalue weighted by Gasteiger charge is 2.27. The molecule has 3 rings (SSSR count). The van der Waals surface area contributed by atoms with Gasteiger partial charge in [0.15, 0.2) is 5.78 Å². The molecule has 0 atom stereocenters. The Kier molecular flexibility index (Phi) is 7.13. The quantitative estimate of drug-likeness (QED) is 0.498. The van der Waals surface area contributed by atoms with Gasteiger partial charge < -0.3 is 0 Å². The van der Waals surface area contributed by atoms with Crippen molar-refractivity contribution in [3.8, 4) is 0 Å². The summed E-state index contributed by atoms with van der Waals surface area (Å²) < 4.78 is 39.3. The highest BCUT2D eigenvalue weighted by Crippen LogP contribution is 2.21. The molecule has 1 fully saturated rings. The first-order valence-corrected chi connectivity index (χ1v) is 11.2. The number of amides is 2. The highest BCUT2D eigenvalue weighted by atomic mass is 32.2. The fourth-order valence-corrected chi connectivity index (χ4v) is 4.64. The van der Waals surface area contributed by atoms with Gasteiger partial charge in [0.05, 0.1) is 4.90 Å². The van der Waals surface area contributed by atoms with Crippen LogP contribution in [0, 0.1) is 5.82 Å². The number of halogens is 1. The Morgan fingerprint density at radius 1 is 0.839 bits per heavy atom. The highest BCUT2D eigenvalue weighted by molar-refractivity contribution is 7.89. The lowest BCUT2D eigenvalue weighted by atomic mass is 10.1. The number of ketones is 1. The average molecular weight is 447 g/mol. The Hall–Kier alpha value is -3.11. The van der Waals surface area contributed by atoms with E-state index in [4.69, 9.17) is 0 Å². The van der Waals surface area contributed by atoms with Gasteiger partial charge in [-0.3, -0.25) is 25.2 Å². The molecule has 0 aliphatic carbocycles. The van der Waals surface area contributed by atoms with Crippen molar-refractivity contribution in [2.24, 2.45) is 0 Å². The Morgan fingerprint density at radius 3 is 2.03 bits per heavy atom. The van der Waals surface area contributed by atoms with E-state index in [0.717, 1.165) is 25.0 Å². The molecule has 10 heteroatoms. The molecule has 2 N–H and O–H groups in total. The van der Waals surface area contributed by atoms with Gasteiger partial charge in [0, 0.05) is 37.1 Å². The van der Waals surface area contributed by atoms with E-state index < -0.39 is 27.7 Å².